The molecule has 0 fully saturated rings. The molecule has 0 aliphatic rings. The van der Waals surface area contributed by atoms with Crippen molar-refractivity contribution in [2.45, 2.75) is 18.6 Å². The summed E-state index contributed by atoms with van der Waals surface area (Å²) in [5.74, 6) is 0.725. The number of benzene rings is 1. The smallest absolute Gasteiger partial charge is 0.234 e. The molecule has 3 aromatic rings. The van der Waals surface area contributed by atoms with E-state index in [1.54, 1.807) is 30.6 Å². The largest absolute Gasteiger partial charge is 0.324 e. The number of anilines is 1. The molecule has 134 valence electrons. The van der Waals surface area contributed by atoms with Gasteiger partial charge in [-0.15, -0.1) is 10.2 Å². The number of carbonyl (C=O) groups is 1. The van der Waals surface area contributed by atoms with Crippen LogP contribution in [0.25, 0.3) is 11.4 Å². The third-order valence-corrected chi connectivity index (χ3v) is 5.04. The van der Waals surface area contributed by atoms with E-state index in [9.17, 15) is 4.79 Å². The first-order valence-electron chi connectivity index (χ1n) is 7.79. The van der Waals surface area contributed by atoms with Crippen LogP contribution in [0.2, 0.25) is 10.0 Å². The number of thioether (sulfide) groups is 1. The lowest BCUT2D eigenvalue weighted by molar-refractivity contribution is -0.113. The number of halogens is 2. The van der Waals surface area contributed by atoms with E-state index in [4.69, 9.17) is 23.2 Å². The molecule has 0 spiro atoms. The molecule has 26 heavy (non-hydrogen) atoms. The normalized spacial score (nSPS) is 10.7. The summed E-state index contributed by atoms with van der Waals surface area (Å²) in [5, 5.41) is 12.8. The summed E-state index contributed by atoms with van der Waals surface area (Å²) in [6, 6.07) is 8.67. The predicted molar refractivity (Wildman–Crippen MR) is 105 cm³/mol. The van der Waals surface area contributed by atoms with Gasteiger partial charge in [-0.25, -0.2) is 0 Å². The molecule has 6 nitrogen and oxygen atoms in total. The first kappa shape index (κ1) is 18.7. The maximum absolute atomic E-state index is 12.2. The fourth-order valence-electron chi connectivity index (χ4n) is 2.30. The van der Waals surface area contributed by atoms with Crippen molar-refractivity contribution in [1.29, 1.82) is 0 Å². The Morgan fingerprint density at radius 1 is 1.19 bits per heavy atom. The van der Waals surface area contributed by atoms with Crippen molar-refractivity contribution in [1.82, 2.24) is 19.7 Å². The van der Waals surface area contributed by atoms with Gasteiger partial charge in [0.1, 0.15) is 0 Å². The Labute approximate surface area is 164 Å². The first-order chi connectivity index (χ1) is 12.6. The van der Waals surface area contributed by atoms with Gasteiger partial charge in [-0.05, 0) is 37.3 Å². The van der Waals surface area contributed by atoms with E-state index in [2.05, 4.69) is 20.5 Å². The average Bonchev–Trinajstić information content (AvgIpc) is 3.06. The van der Waals surface area contributed by atoms with Crippen molar-refractivity contribution in [3.8, 4) is 11.4 Å². The van der Waals surface area contributed by atoms with E-state index < -0.39 is 0 Å². The fourth-order valence-corrected chi connectivity index (χ4v) is 3.44. The van der Waals surface area contributed by atoms with Gasteiger partial charge in [-0.3, -0.25) is 9.78 Å². The van der Waals surface area contributed by atoms with E-state index in [1.807, 2.05) is 23.6 Å². The molecule has 0 bridgehead atoms. The maximum Gasteiger partial charge on any atom is 0.234 e. The van der Waals surface area contributed by atoms with Gasteiger partial charge in [0.15, 0.2) is 11.0 Å². The van der Waals surface area contributed by atoms with Crippen molar-refractivity contribution in [2.24, 2.45) is 0 Å². The van der Waals surface area contributed by atoms with Gasteiger partial charge in [0.2, 0.25) is 5.91 Å². The molecule has 0 aliphatic carbocycles. The van der Waals surface area contributed by atoms with Crippen LogP contribution in [0, 0.1) is 0 Å². The lowest BCUT2D eigenvalue weighted by Gasteiger charge is -2.09. The Morgan fingerprint density at radius 2 is 1.96 bits per heavy atom. The van der Waals surface area contributed by atoms with Crippen LogP contribution >= 0.6 is 35.0 Å². The van der Waals surface area contributed by atoms with Crippen molar-refractivity contribution in [2.75, 3.05) is 11.1 Å². The minimum atomic E-state index is -0.199. The second-order valence-electron chi connectivity index (χ2n) is 5.25. The van der Waals surface area contributed by atoms with Crippen molar-refractivity contribution in [3.05, 3.63) is 52.8 Å². The number of aromatic nitrogens is 4. The molecule has 2 aromatic heterocycles. The monoisotopic (exact) mass is 407 g/mol. The van der Waals surface area contributed by atoms with E-state index in [-0.39, 0.29) is 11.7 Å². The molecule has 1 amide bonds. The van der Waals surface area contributed by atoms with Crippen LogP contribution in [0.1, 0.15) is 6.92 Å². The summed E-state index contributed by atoms with van der Waals surface area (Å²) in [4.78, 5) is 16.2. The molecule has 0 radical (unpaired) electrons. The highest BCUT2D eigenvalue weighted by atomic mass is 35.5. The molecule has 0 saturated carbocycles. The van der Waals surface area contributed by atoms with Crippen LogP contribution in [0.5, 0.6) is 0 Å². The quantitative estimate of drug-likeness (QED) is 0.613. The summed E-state index contributed by atoms with van der Waals surface area (Å²) in [7, 11) is 0. The van der Waals surface area contributed by atoms with Gasteiger partial charge < -0.3 is 9.88 Å². The number of hydrogen-bond donors (Lipinski definition) is 1. The average molecular weight is 408 g/mol. The number of amides is 1. The standard InChI is InChI=1S/C17H15Cl2N5OS/c1-2-24-16(11-5-7-20-8-6-11)22-23-17(24)26-10-15(25)21-14-9-12(18)3-4-13(14)19/h3-9H,2,10H2,1H3,(H,21,25). The highest BCUT2D eigenvalue weighted by Crippen LogP contribution is 2.27. The van der Waals surface area contributed by atoms with E-state index in [0.717, 1.165) is 11.4 Å². The SMILES string of the molecule is CCn1c(SCC(=O)Nc2cc(Cl)ccc2Cl)nnc1-c1ccncc1. The van der Waals surface area contributed by atoms with Gasteiger partial charge in [0.05, 0.1) is 16.5 Å². The zero-order chi connectivity index (χ0) is 18.5. The number of pyridine rings is 1. The molecule has 9 heteroatoms. The summed E-state index contributed by atoms with van der Waals surface area (Å²) >= 11 is 13.3. The molecule has 1 N–H and O–H groups in total. The molecule has 0 saturated heterocycles. The van der Waals surface area contributed by atoms with Gasteiger partial charge in [0, 0.05) is 29.5 Å². The Hall–Kier alpha value is -2.09. The zero-order valence-electron chi connectivity index (χ0n) is 13.8. The minimum Gasteiger partial charge on any atom is -0.324 e. The van der Waals surface area contributed by atoms with Crippen molar-refractivity contribution in [3.63, 3.8) is 0 Å². The highest BCUT2D eigenvalue weighted by molar-refractivity contribution is 7.99. The lowest BCUT2D eigenvalue weighted by Crippen LogP contribution is -2.15. The second-order valence-corrected chi connectivity index (χ2v) is 7.03. The number of carbonyl (C=O) groups excluding carboxylic acids is 1. The molecule has 1 aromatic carbocycles. The Balaban J connectivity index is 1.69. The van der Waals surface area contributed by atoms with Gasteiger partial charge in [-0.1, -0.05) is 35.0 Å². The molecular formula is C17H15Cl2N5OS. The molecule has 0 aliphatic heterocycles. The van der Waals surface area contributed by atoms with Crippen LogP contribution in [-0.2, 0) is 11.3 Å². The van der Waals surface area contributed by atoms with Crippen molar-refractivity contribution >= 4 is 46.6 Å². The van der Waals surface area contributed by atoms with Crippen LogP contribution in [0.4, 0.5) is 5.69 Å². The molecule has 0 atom stereocenters. The number of rotatable bonds is 6. The number of nitrogens with one attached hydrogen (secondary N) is 1. The lowest BCUT2D eigenvalue weighted by atomic mass is 10.2. The highest BCUT2D eigenvalue weighted by Gasteiger charge is 2.15. The summed E-state index contributed by atoms with van der Waals surface area (Å²) < 4.78 is 1.96. The molecule has 0 unspecified atom stereocenters. The van der Waals surface area contributed by atoms with Crippen LogP contribution < -0.4 is 5.32 Å². The molecule has 2 heterocycles. The van der Waals surface area contributed by atoms with E-state index >= 15 is 0 Å². The minimum absolute atomic E-state index is 0.178. The number of hydrogen-bond acceptors (Lipinski definition) is 5. The summed E-state index contributed by atoms with van der Waals surface area (Å²) in [5.41, 5.74) is 1.41. The zero-order valence-corrected chi connectivity index (χ0v) is 16.1. The maximum atomic E-state index is 12.2. The summed E-state index contributed by atoms with van der Waals surface area (Å²) in [6.45, 7) is 2.69. The Bertz CT molecular complexity index is 917. The van der Waals surface area contributed by atoms with Crippen LogP contribution in [0.3, 0.4) is 0 Å². The van der Waals surface area contributed by atoms with Gasteiger partial charge >= 0.3 is 0 Å². The Morgan fingerprint density at radius 3 is 2.69 bits per heavy atom. The fraction of sp³-hybridized carbons (Fsp3) is 0.176. The molecular weight excluding hydrogens is 393 g/mol. The second kappa shape index (κ2) is 8.53. The number of nitrogens with zero attached hydrogens (tertiary/aromatic N) is 4. The van der Waals surface area contributed by atoms with E-state index in [0.29, 0.717) is 27.4 Å². The van der Waals surface area contributed by atoms with Crippen LogP contribution in [0.15, 0.2) is 47.9 Å². The first-order valence-corrected chi connectivity index (χ1v) is 9.54. The Kier molecular flexibility index (Phi) is 6.13. The molecule has 3 rings (SSSR count). The summed E-state index contributed by atoms with van der Waals surface area (Å²) in [6.07, 6.45) is 3.41. The van der Waals surface area contributed by atoms with Gasteiger partial charge in [0.25, 0.3) is 0 Å². The third kappa shape index (κ3) is 4.35. The predicted octanol–water partition coefficient (Wildman–Crippen LogP) is 4.40. The van der Waals surface area contributed by atoms with Crippen LogP contribution in [-0.4, -0.2) is 31.4 Å². The third-order valence-electron chi connectivity index (χ3n) is 3.51. The van der Waals surface area contributed by atoms with Gasteiger partial charge in [-0.2, -0.15) is 0 Å². The van der Waals surface area contributed by atoms with Crippen molar-refractivity contribution < 1.29 is 4.79 Å². The topological polar surface area (TPSA) is 72.7 Å². The van der Waals surface area contributed by atoms with E-state index in [1.165, 1.54) is 11.8 Å².